The van der Waals surface area contributed by atoms with E-state index in [0.29, 0.717) is 25.2 Å². The zero-order valence-corrected chi connectivity index (χ0v) is 17.1. The molecule has 0 saturated carbocycles. The largest absolute Gasteiger partial charge is 0.433 e. The van der Waals surface area contributed by atoms with Crippen LogP contribution in [0.5, 0.6) is 0 Å². The number of aromatic nitrogens is 5. The van der Waals surface area contributed by atoms with Gasteiger partial charge in [0.2, 0.25) is 5.13 Å². The van der Waals surface area contributed by atoms with Crippen LogP contribution in [-0.2, 0) is 12.6 Å². The van der Waals surface area contributed by atoms with E-state index in [9.17, 15) is 13.2 Å². The van der Waals surface area contributed by atoms with E-state index in [1.165, 1.54) is 17.7 Å². The summed E-state index contributed by atoms with van der Waals surface area (Å²) in [7, 11) is 0. The summed E-state index contributed by atoms with van der Waals surface area (Å²) in [5.41, 5.74) is -0.508. The summed E-state index contributed by atoms with van der Waals surface area (Å²) in [4.78, 5) is 20.7. The predicted octanol–water partition coefficient (Wildman–Crippen LogP) is 3.69. The molecule has 3 aromatic heterocycles. The Kier molecular flexibility index (Phi) is 5.80. The molecule has 0 bridgehead atoms. The Morgan fingerprint density at radius 2 is 1.87 bits per heavy atom. The van der Waals surface area contributed by atoms with Crippen molar-refractivity contribution in [2.75, 3.05) is 36.0 Å². The number of anilines is 2. The van der Waals surface area contributed by atoms with Gasteiger partial charge < -0.3 is 9.80 Å². The Balaban J connectivity index is 1.61. The number of nitrogens with zero attached hydrogens (tertiary/aromatic N) is 7. The maximum atomic E-state index is 13.5. The van der Waals surface area contributed by atoms with Crippen LogP contribution in [0.15, 0.2) is 30.6 Å². The van der Waals surface area contributed by atoms with Gasteiger partial charge in [-0.3, -0.25) is 4.98 Å². The summed E-state index contributed by atoms with van der Waals surface area (Å²) in [5, 5.41) is 0.850. The van der Waals surface area contributed by atoms with Gasteiger partial charge >= 0.3 is 6.18 Å². The fraction of sp³-hybridized carbons (Fsp3) is 0.421. The maximum Gasteiger partial charge on any atom is 0.433 e. The molecule has 1 aliphatic rings. The highest BCUT2D eigenvalue weighted by Gasteiger charge is 2.34. The summed E-state index contributed by atoms with van der Waals surface area (Å²) < 4.78 is 44.8. The van der Waals surface area contributed by atoms with Crippen LogP contribution in [0.2, 0.25) is 0 Å². The minimum atomic E-state index is -4.56. The lowest BCUT2D eigenvalue weighted by Gasteiger charge is -2.23. The molecule has 1 aliphatic heterocycles. The van der Waals surface area contributed by atoms with Crippen LogP contribution in [0, 0.1) is 0 Å². The van der Waals surface area contributed by atoms with Crippen LogP contribution in [0.3, 0.4) is 0 Å². The predicted molar refractivity (Wildman–Crippen MR) is 109 cm³/mol. The van der Waals surface area contributed by atoms with Gasteiger partial charge in [0, 0.05) is 68.2 Å². The van der Waals surface area contributed by atoms with Crippen LogP contribution in [0.25, 0.3) is 11.4 Å². The van der Waals surface area contributed by atoms with Gasteiger partial charge in [-0.05, 0) is 18.6 Å². The quantitative estimate of drug-likeness (QED) is 0.619. The average Bonchev–Trinajstić information content (AvgIpc) is 3.10. The molecule has 0 N–H and O–H groups in total. The molecule has 158 valence electrons. The molecule has 1 fully saturated rings. The van der Waals surface area contributed by atoms with E-state index < -0.39 is 11.9 Å². The normalized spacial score (nSPS) is 15.3. The monoisotopic (exact) mass is 435 g/mol. The van der Waals surface area contributed by atoms with Crippen molar-refractivity contribution in [3.8, 4) is 11.4 Å². The molecule has 0 spiro atoms. The Hall–Kier alpha value is -2.82. The van der Waals surface area contributed by atoms with E-state index in [2.05, 4.69) is 29.2 Å². The molecule has 1 saturated heterocycles. The number of alkyl halides is 3. The zero-order valence-electron chi connectivity index (χ0n) is 16.3. The third-order valence-corrected chi connectivity index (χ3v) is 5.60. The van der Waals surface area contributed by atoms with E-state index >= 15 is 0 Å². The number of halogens is 3. The Labute approximate surface area is 175 Å². The van der Waals surface area contributed by atoms with Crippen molar-refractivity contribution in [2.45, 2.75) is 25.9 Å². The van der Waals surface area contributed by atoms with Gasteiger partial charge in [-0.1, -0.05) is 6.92 Å². The number of rotatable bonds is 4. The van der Waals surface area contributed by atoms with Crippen LogP contribution in [0.4, 0.5) is 24.1 Å². The minimum Gasteiger partial charge on any atom is -0.355 e. The first kappa shape index (κ1) is 20.5. The van der Waals surface area contributed by atoms with Crippen molar-refractivity contribution < 1.29 is 13.2 Å². The topological polar surface area (TPSA) is 70.9 Å². The lowest BCUT2D eigenvalue weighted by Crippen LogP contribution is -2.31. The van der Waals surface area contributed by atoms with Crippen LogP contribution >= 0.6 is 11.5 Å². The van der Waals surface area contributed by atoms with Gasteiger partial charge in [-0.25, -0.2) is 15.0 Å². The molecule has 0 atom stereocenters. The van der Waals surface area contributed by atoms with E-state index in [-0.39, 0.29) is 11.6 Å². The molecule has 0 unspecified atom stereocenters. The lowest BCUT2D eigenvalue weighted by molar-refractivity contribution is -0.141. The SMILES string of the molecule is CCc1nsc(N2CCCN(c3cc(C(F)(F)F)nc(-c4cccnc4)n3)CC2)n1. The molecule has 0 amide bonds. The van der Waals surface area contributed by atoms with Crippen molar-refractivity contribution >= 4 is 22.5 Å². The van der Waals surface area contributed by atoms with Gasteiger partial charge in [-0.15, -0.1) is 0 Å². The summed E-state index contributed by atoms with van der Waals surface area (Å²) in [6.07, 6.45) is 0.00202. The maximum absolute atomic E-state index is 13.5. The standard InChI is InChI=1S/C19H20F3N7S/c1-2-15-25-18(30-27-15)29-8-4-7-28(9-10-29)16-11-14(19(20,21)22)24-17(26-16)13-5-3-6-23-12-13/h3,5-6,11-12H,2,4,7-10H2,1H3. The van der Waals surface area contributed by atoms with E-state index in [0.717, 1.165) is 36.4 Å². The highest BCUT2D eigenvalue weighted by molar-refractivity contribution is 7.09. The van der Waals surface area contributed by atoms with Gasteiger partial charge in [0.05, 0.1) is 0 Å². The second kappa shape index (κ2) is 8.50. The van der Waals surface area contributed by atoms with E-state index in [1.807, 2.05) is 11.8 Å². The highest BCUT2D eigenvalue weighted by Crippen LogP contribution is 2.32. The molecule has 0 radical (unpaired) electrons. The van der Waals surface area contributed by atoms with E-state index in [4.69, 9.17) is 0 Å². The summed E-state index contributed by atoms with van der Waals surface area (Å²) >= 11 is 1.36. The Morgan fingerprint density at radius 1 is 1.07 bits per heavy atom. The average molecular weight is 435 g/mol. The van der Waals surface area contributed by atoms with Gasteiger partial charge in [0.15, 0.2) is 11.5 Å². The fourth-order valence-corrected chi connectivity index (χ4v) is 4.02. The molecule has 7 nitrogen and oxygen atoms in total. The Morgan fingerprint density at radius 3 is 2.57 bits per heavy atom. The van der Waals surface area contributed by atoms with Crippen molar-refractivity contribution in [3.63, 3.8) is 0 Å². The molecule has 11 heteroatoms. The summed E-state index contributed by atoms with van der Waals surface area (Å²) in [6, 6.07) is 4.32. The summed E-state index contributed by atoms with van der Waals surface area (Å²) in [5.74, 6) is 1.10. The first-order valence-electron chi connectivity index (χ1n) is 9.63. The molecule has 0 aromatic carbocycles. The number of pyridine rings is 1. The molecule has 0 aliphatic carbocycles. The minimum absolute atomic E-state index is 0.0192. The number of hydrogen-bond acceptors (Lipinski definition) is 8. The molecule has 4 heterocycles. The third-order valence-electron chi connectivity index (χ3n) is 4.79. The first-order valence-corrected chi connectivity index (χ1v) is 10.4. The second-order valence-corrected chi connectivity index (χ2v) is 7.58. The van der Waals surface area contributed by atoms with Crippen molar-refractivity contribution in [1.82, 2.24) is 24.3 Å². The summed E-state index contributed by atoms with van der Waals surface area (Å²) in [6.45, 7) is 4.52. The van der Waals surface area contributed by atoms with Gasteiger partial charge in [0.25, 0.3) is 0 Å². The smallest absolute Gasteiger partial charge is 0.355 e. The Bertz CT molecular complexity index is 993. The van der Waals surface area contributed by atoms with E-state index in [1.54, 1.807) is 18.3 Å². The molecule has 3 aromatic rings. The van der Waals surface area contributed by atoms with Gasteiger partial charge in [-0.2, -0.15) is 17.5 Å². The lowest BCUT2D eigenvalue weighted by atomic mass is 10.2. The van der Waals surface area contributed by atoms with Crippen LogP contribution in [-0.4, -0.2) is 50.5 Å². The molecule has 30 heavy (non-hydrogen) atoms. The van der Waals surface area contributed by atoms with Crippen LogP contribution < -0.4 is 9.80 Å². The van der Waals surface area contributed by atoms with Gasteiger partial charge in [0.1, 0.15) is 11.6 Å². The van der Waals surface area contributed by atoms with Crippen molar-refractivity contribution in [1.29, 1.82) is 0 Å². The highest BCUT2D eigenvalue weighted by atomic mass is 32.1. The molecular weight excluding hydrogens is 415 g/mol. The molecule has 4 rings (SSSR count). The van der Waals surface area contributed by atoms with Crippen LogP contribution in [0.1, 0.15) is 24.9 Å². The fourth-order valence-electron chi connectivity index (χ4n) is 3.22. The number of aryl methyl sites for hydroxylation is 1. The van der Waals surface area contributed by atoms with Crippen molar-refractivity contribution in [2.24, 2.45) is 0 Å². The zero-order chi connectivity index (χ0) is 21.1. The molecular formula is C19H20F3N7S. The first-order chi connectivity index (χ1) is 14.4. The third kappa shape index (κ3) is 4.50. The number of hydrogen-bond donors (Lipinski definition) is 0. The van der Waals surface area contributed by atoms with Crippen molar-refractivity contribution in [3.05, 3.63) is 42.1 Å². The second-order valence-electron chi connectivity index (χ2n) is 6.85.